The molecule has 0 spiro atoms. The molecule has 0 aliphatic heterocycles. The van der Waals surface area contributed by atoms with Crippen LogP contribution in [-0.4, -0.2) is 41.5 Å². The van der Waals surface area contributed by atoms with E-state index in [0.29, 0.717) is 44.1 Å². The highest BCUT2D eigenvalue weighted by Gasteiger charge is 2.32. The standard InChI is InChI=1S/C34H44N2O4/c1-7-39-30-20-18-27(23-31(30)40-8-2)19-21-32(37)36(24-28-16-14-25(3)15-17-28)29(33(38)35-34(4,5)6)22-26-12-10-9-11-13-26/h9-18,20,23,29H,7-8,19,21-22,24H2,1-6H3,(H,35,38)/t29-/m0/s1. The topological polar surface area (TPSA) is 67.9 Å². The number of hydrogen-bond donors (Lipinski definition) is 1. The Labute approximate surface area is 239 Å². The summed E-state index contributed by atoms with van der Waals surface area (Å²) in [5.74, 6) is 1.15. The van der Waals surface area contributed by atoms with E-state index in [9.17, 15) is 9.59 Å². The van der Waals surface area contributed by atoms with Crippen molar-refractivity contribution in [3.8, 4) is 11.5 Å². The molecule has 3 aromatic carbocycles. The van der Waals surface area contributed by atoms with E-state index in [-0.39, 0.29) is 18.2 Å². The number of aryl methyl sites for hydroxylation is 2. The molecule has 0 aliphatic rings. The molecule has 3 aromatic rings. The van der Waals surface area contributed by atoms with E-state index in [1.807, 2.05) is 114 Å². The number of ether oxygens (including phenoxy) is 2. The molecule has 2 amide bonds. The second-order valence-corrected chi connectivity index (χ2v) is 11.1. The van der Waals surface area contributed by atoms with Crippen LogP contribution in [0.4, 0.5) is 0 Å². The third-order valence-electron chi connectivity index (χ3n) is 6.48. The van der Waals surface area contributed by atoms with Crippen molar-refractivity contribution in [2.45, 2.75) is 78.9 Å². The zero-order valence-corrected chi connectivity index (χ0v) is 24.8. The van der Waals surface area contributed by atoms with Gasteiger partial charge in [-0.15, -0.1) is 0 Å². The molecule has 0 saturated heterocycles. The van der Waals surface area contributed by atoms with Crippen LogP contribution >= 0.6 is 0 Å². The molecule has 6 nitrogen and oxygen atoms in total. The van der Waals surface area contributed by atoms with Crippen molar-refractivity contribution in [3.63, 3.8) is 0 Å². The lowest BCUT2D eigenvalue weighted by Gasteiger charge is -2.34. The molecule has 0 bridgehead atoms. The van der Waals surface area contributed by atoms with Crippen LogP contribution in [0, 0.1) is 6.92 Å². The number of nitrogens with one attached hydrogen (secondary N) is 1. The first-order valence-electron chi connectivity index (χ1n) is 14.2. The summed E-state index contributed by atoms with van der Waals surface area (Å²) >= 11 is 0. The minimum Gasteiger partial charge on any atom is -0.490 e. The lowest BCUT2D eigenvalue weighted by Crippen LogP contribution is -2.54. The lowest BCUT2D eigenvalue weighted by atomic mass is 9.99. The zero-order valence-electron chi connectivity index (χ0n) is 24.8. The molecule has 0 unspecified atom stereocenters. The van der Waals surface area contributed by atoms with Crippen LogP contribution in [0.15, 0.2) is 72.8 Å². The molecule has 40 heavy (non-hydrogen) atoms. The highest BCUT2D eigenvalue weighted by Crippen LogP contribution is 2.29. The van der Waals surface area contributed by atoms with Crippen LogP contribution < -0.4 is 14.8 Å². The molecule has 1 N–H and O–H groups in total. The summed E-state index contributed by atoms with van der Waals surface area (Å²) in [5, 5.41) is 3.12. The largest absolute Gasteiger partial charge is 0.490 e. The zero-order chi connectivity index (χ0) is 29.1. The molecule has 0 fully saturated rings. The molecule has 0 radical (unpaired) electrons. The Morgan fingerprint density at radius 3 is 2.08 bits per heavy atom. The molecule has 1 atom stereocenters. The maximum absolute atomic E-state index is 14.0. The molecular weight excluding hydrogens is 500 g/mol. The summed E-state index contributed by atoms with van der Waals surface area (Å²) in [6, 6.07) is 23.2. The fourth-order valence-electron chi connectivity index (χ4n) is 4.54. The van der Waals surface area contributed by atoms with Gasteiger partial charge in [0.05, 0.1) is 13.2 Å². The first-order chi connectivity index (χ1) is 19.1. The van der Waals surface area contributed by atoms with E-state index in [1.165, 1.54) is 0 Å². The van der Waals surface area contributed by atoms with Crippen molar-refractivity contribution in [1.82, 2.24) is 10.2 Å². The van der Waals surface area contributed by atoms with Crippen LogP contribution in [0.1, 0.15) is 63.3 Å². The number of carbonyl (C=O) groups excluding carboxylic acids is 2. The van der Waals surface area contributed by atoms with Gasteiger partial charge in [0.25, 0.3) is 0 Å². The van der Waals surface area contributed by atoms with Gasteiger partial charge in [-0.2, -0.15) is 0 Å². The van der Waals surface area contributed by atoms with Crippen LogP contribution in [0.25, 0.3) is 0 Å². The summed E-state index contributed by atoms with van der Waals surface area (Å²) in [7, 11) is 0. The van der Waals surface area contributed by atoms with Crippen molar-refractivity contribution in [3.05, 3.63) is 95.1 Å². The number of nitrogens with zero attached hydrogens (tertiary/aromatic N) is 1. The number of hydrogen-bond acceptors (Lipinski definition) is 4. The Bertz CT molecular complexity index is 1230. The maximum Gasteiger partial charge on any atom is 0.243 e. The third kappa shape index (κ3) is 9.44. The van der Waals surface area contributed by atoms with E-state index < -0.39 is 11.6 Å². The predicted octanol–water partition coefficient (Wildman–Crippen LogP) is 6.28. The average Bonchev–Trinajstić information content (AvgIpc) is 2.91. The SMILES string of the molecule is CCOc1ccc(CCC(=O)N(Cc2ccc(C)cc2)[C@@H](Cc2ccccc2)C(=O)NC(C)(C)C)cc1OCC. The normalized spacial score (nSPS) is 11.9. The fourth-order valence-corrected chi connectivity index (χ4v) is 4.54. The van der Waals surface area contributed by atoms with Gasteiger partial charge in [0.15, 0.2) is 11.5 Å². The average molecular weight is 545 g/mol. The van der Waals surface area contributed by atoms with Crippen LogP contribution in [0.5, 0.6) is 11.5 Å². The number of rotatable bonds is 13. The van der Waals surface area contributed by atoms with Gasteiger partial charge in [-0.3, -0.25) is 9.59 Å². The predicted molar refractivity (Wildman–Crippen MR) is 161 cm³/mol. The first-order valence-corrected chi connectivity index (χ1v) is 14.2. The Morgan fingerprint density at radius 1 is 0.825 bits per heavy atom. The molecule has 6 heteroatoms. The van der Waals surface area contributed by atoms with Gasteiger partial charge in [-0.1, -0.05) is 66.2 Å². The molecule has 0 saturated carbocycles. The molecule has 214 valence electrons. The van der Waals surface area contributed by atoms with Crippen LogP contribution in [-0.2, 0) is 29.0 Å². The lowest BCUT2D eigenvalue weighted by molar-refractivity contribution is -0.141. The van der Waals surface area contributed by atoms with Crippen molar-refractivity contribution in [2.24, 2.45) is 0 Å². The van der Waals surface area contributed by atoms with Crippen molar-refractivity contribution >= 4 is 11.8 Å². The molecular formula is C34H44N2O4. The summed E-state index contributed by atoms with van der Waals surface area (Å²) in [5.41, 5.74) is 3.69. The Hall–Kier alpha value is -3.80. The Kier molecular flexibility index (Phi) is 11.2. The van der Waals surface area contributed by atoms with Crippen molar-refractivity contribution < 1.29 is 19.1 Å². The summed E-state index contributed by atoms with van der Waals surface area (Å²) in [4.78, 5) is 29.4. The van der Waals surface area contributed by atoms with Crippen molar-refractivity contribution in [2.75, 3.05) is 13.2 Å². The minimum atomic E-state index is -0.658. The van der Waals surface area contributed by atoms with E-state index >= 15 is 0 Å². The van der Waals surface area contributed by atoms with Gasteiger partial charge in [0.2, 0.25) is 11.8 Å². The van der Waals surface area contributed by atoms with Gasteiger partial charge < -0.3 is 19.7 Å². The minimum absolute atomic E-state index is 0.0718. The monoisotopic (exact) mass is 544 g/mol. The Morgan fingerprint density at radius 2 is 1.45 bits per heavy atom. The van der Waals surface area contributed by atoms with Gasteiger partial charge >= 0.3 is 0 Å². The van der Waals surface area contributed by atoms with Crippen molar-refractivity contribution in [1.29, 1.82) is 0 Å². The van der Waals surface area contributed by atoms with Gasteiger partial charge in [0, 0.05) is 24.9 Å². The molecule has 3 rings (SSSR count). The van der Waals surface area contributed by atoms with E-state index in [4.69, 9.17) is 9.47 Å². The highest BCUT2D eigenvalue weighted by atomic mass is 16.5. The molecule has 0 aliphatic carbocycles. The highest BCUT2D eigenvalue weighted by molar-refractivity contribution is 5.88. The second-order valence-electron chi connectivity index (χ2n) is 11.1. The maximum atomic E-state index is 14.0. The fraction of sp³-hybridized carbons (Fsp3) is 0.412. The third-order valence-corrected chi connectivity index (χ3v) is 6.48. The molecule has 0 aromatic heterocycles. The smallest absolute Gasteiger partial charge is 0.243 e. The van der Waals surface area contributed by atoms with Gasteiger partial charge in [-0.25, -0.2) is 0 Å². The van der Waals surface area contributed by atoms with Gasteiger partial charge in [-0.05, 0) is 76.8 Å². The quantitative estimate of drug-likeness (QED) is 0.275. The number of amides is 2. The summed E-state index contributed by atoms with van der Waals surface area (Å²) in [6.07, 6.45) is 1.21. The first kappa shape index (κ1) is 30.7. The summed E-state index contributed by atoms with van der Waals surface area (Å²) in [6.45, 7) is 13.2. The second kappa shape index (κ2) is 14.5. The van der Waals surface area contributed by atoms with Gasteiger partial charge in [0.1, 0.15) is 6.04 Å². The number of benzene rings is 3. The molecule has 0 heterocycles. The van der Waals surface area contributed by atoms with Crippen LogP contribution in [0.3, 0.4) is 0 Å². The number of carbonyl (C=O) groups is 2. The van der Waals surface area contributed by atoms with E-state index in [1.54, 1.807) is 4.90 Å². The van der Waals surface area contributed by atoms with E-state index in [0.717, 1.165) is 22.3 Å². The van der Waals surface area contributed by atoms with Crippen LogP contribution in [0.2, 0.25) is 0 Å². The summed E-state index contributed by atoms with van der Waals surface area (Å²) < 4.78 is 11.5. The Balaban J connectivity index is 1.91. The van der Waals surface area contributed by atoms with E-state index in [2.05, 4.69) is 5.32 Å².